The number of hydrogen-bond acceptors (Lipinski definition) is 1. The van der Waals surface area contributed by atoms with Gasteiger partial charge in [0.2, 0.25) is 0 Å². The van der Waals surface area contributed by atoms with Gasteiger partial charge >= 0.3 is 0 Å². The summed E-state index contributed by atoms with van der Waals surface area (Å²) in [6, 6.07) is 0. The van der Waals surface area contributed by atoms with E-state index in [1.165, 1.54) is 12.2 Å². The van der Waals surface area contributed by atoms with Crippen LogP contribution in [0.4, 0.5) is 4.39 Å². The van der Waals surface area contributed by atoms with Gasteiger partial charge in [-0.05, 0) is 18.1 Å². The van der Waals surface area contributed by atoms with Crippen LogP contribution in [-0.2, 0) is 4.79 Å². The molecule has 0 fully saturated rings. The first-order valence-corrected chi connectivity index (χ1v) is 3.71. The topological polar surface area (TPSA) is 17.1 Å². The molecule has 0 saturated heterocycles. The lowest BCUT2D eigenvalue weighted by molar-refractivity contribution is -0.115. The van der Waals surface area contributed by atoms with Crippen LogP contribution in [0.5, 0.6) is 0 Å². The molecule has 11 heavy (non-hydrogen) atoms. The highest BCUT2D eigenvalue weighted by Gasteiger charge is 2.16. The van der Waals surface area contributed by atoms with Crippen LogP contribution < -0.4 is 0 Å². The maximum Gasteiger partial charge on any atom is 0.163 e. The van der Waals surface area contributed by atoms with E-state index < -0.39 is 0 Å². The lowest BCUT2D eigenvalue weighted by Gasteiger charge is -2.11. The molecule has 0 radical (unpaired) electrons. The van der Waals surface area contributed by atoms with E-state index in [1.807, 2.05) is 13.8 Å². The van der Waals surface area contributed by atoms with Crippen LogP contribution in [0.3, 0.4) is 0 Å². The van der Waals surface area contributed by atoms with Crippen LogP contribution in [0.2, 0.25) is 0 Å². The summed E-state index contributed by atoms with van der Waals surface area (Å²) in [5, 5.41) is 0. The Kier molecular flexibility index (Phi) is 2.22. The average Bonchev–Trinajstić information content (AvgIpc) is 1.94. The molecule has 0 spiro atoms. The molecular formula is C9H11FO. The standard InChI is InChI=1S/C9H11FO/c1-6(2)8-5-7(10)3-4-9(8)11/h3,5-6H,4H2,1-2H3. The molecule has 1 aliphatic rings. The van der Waals surface area contributed by atoms with Crippen molar-refractivity contribution in [3.8, 4) is 0 Å². The molecular weight excluding hydrogens is 143 g/mol. The predicted octanol–water partition coefficient (Wildman–Crippen LogP) is 2.40. The van der Waals surface area contributed by atoms with Gasteiger partial charge in [0.25, 0.3) is 0 Å². The summed E-state index contributed by atoms with van der Waals surface area (Å²) >= 11 is 0. The van der Waals surface area contributed by atoms with Crippen LogP contribution in [0.1, 0.15) is 20.3 Å². The first-order chi connectivity index (χ1) is 5.11. The molecule has 0 aromatic heterocycles. The third-order valence-electron chi connectivity index (χ3n) is 1.72. The van der Waals surface area contributed by atoms with Gasteiger partial charge in [0.1, 0.15) is 5.83 Å². The molecule has 1 rings (SSSR count). The number of ketones is 1. The second-order valence-corrected chi connectivity index (χ2v) is 2.97. The van der Waals surface area contributed by atoms with Gasteiger partial charge in [-0.2, -0.15) is 0 Å². The van der Waals surface area contributed by atoms with Gasteiger partial charge in [0.15, 0.2) is 5.78 Å². The molecule has 0 bridgehead atoms. The van der Waals surface area contributed by atoms with Gasteiger partial charge < -0.3 is 0 Å². The second-order valence-electron chi connectivity index (χ2n) is 2.97. The third-order valence-corrected chi connectivity index (χ3v) is 1.72. The predicted molar refractivity (Wildman–Crippen MR) is 41.7 cm³/mol. The number of carbonyl (C=O) groups excluding carboxylic acids is 1. The van der Waals surface area contributed by atoms with Gasteiger partial charge in [-0.25, -0.2) is 4.39 Å². The number of rotatable bonds is 1. The summed E-state index contributed by atoms with van der Waals surface area (Å²) in [4.78, 5) is 11.1. The quantitative estimate of drug-likeness (QED) is 0.566. The fourth-order valence-corrected chi connectivity index (χ4v) is 1.08. The van der Waals surface area contributed by atoms with Gasteiger partial charge in [-0.15, -0.1) is 0 Å². The van der Waals surface area contributed by atoms with Crippen molar-refractivity contribution in [2.45, 2.75) is 20.3 Å². The van der Waals surface area contributed by atoms with E-state index in [-0.39, 0.29) is 23.9 Å². The van der Waals surface area contributed by atoms with E-state index in [1.54, 1.807) is 0 Å². The van der Waals surface area contributed by atoms with Crippen molar-refractivity contribution in [3.63, 3.8) is 0 Å². The minimum absolute atomic E-state index is 0.0430. The zero-order valence-electron chi connectivity index (χ0n) is 6.73. The minimum atomic E-state index is -0.284. The highest BCUT2D eigenvalue weighted by molar-refractivity contribution is 5.98. The van der Waals surface area contributed by atoms with Crippen molar-refractivity contribution in [2.24, 2.45) is 5.92 Å². The van der Waals surface area contributed by atoms with Gasteiger partial charge in [-0.1, -0.05) is 13.8 Å². The summed E-state index contributed by atoms with van der Waals surface area (Å²) in [7, 11) is 0. The smallest absolute Gasteiger partial charge is 0.163 e. The van der Waals surface area contributed by atoms with Gasteiger partial charge in [0.05, 0.1) is 0 Å². The molecule has 0 heterocycles. The molecule has 0 aromatic carbocycles. The van der Waals surface area contributed by atoms with Crippen LogP contribution in [-0.4, -0.2) is 5.78 Å². The van der Waals surface area contributed by atoms with E-state index in [0.717, 1.165) is 0 Å². The molecule has 0 aliphatic heterocycles. The lowest BCUT2D eigenvalue weighted by atomic mass is 9.93. The number of carbonyl (C=O) groups is 1. The molecule has 0 atom stereocenters. The Bertz CT molecular complexity index is 236. The third kappa shape index (κ3) is 1.76. The molecule has 0 aromatic rings. The van der Waals surface area contributed by atoms with Crippen molar-refractivity contribution in [1.29, 1.82) is 0 Å². The Morgan fingerprint density at radius 1 is 1.55 bits per heavy atom. The molecule has 1 aliphatic carbocycles. The summed E-state index contributed by atoms with van der Waals surface area (Å²) in [6.07, 6.45) is 2.86. The maximum absolute atomic E-state index is 12.6. The Balaban J connectivity index is 2.90. The van der Waals surface area contributed by atoms with Gasteiger partial charge in [-0.3, -0.25) is 4.79 Å². The normalized spacial score (nSPS) is 18.4. The molecule has 2 heteroatoms. The zero-order chi connectivity index (χ0) is 8.43. The van der Waals surface area contributed by atoms with Gasteiger partial charge in [0, 0.05) is 12.0 Å². The fraction of sp³-hybridized carbons (Fsp3) is 0.444. The number of halogens is 1. The summed E-state index contributed by atoms with van der Waals surface area (Å²) < 4.78 is 12.6. The number of hydrogen-bond donors (Lipinski definition) is 0. The highest BCUT2D eigenvalue weighted by atomic mass is 19.1. The molecule has 60 valence electrons. The van der Waals surface area contributed by atoms with Crippen molar-refractivity contribution in [3.05, 3.63) is 23.6 Å². The second kappa shape index (κ2) is 2.99. The Hall–Kier alpha value is -0.920. The summed E-state index contributed by atoms with van der Waals surface area (Å²) in [5.74, 6) is -0.114. The van der Waals surface area contributed by atoms with Crippen molar-refractivity contribution < 1.29 is 9.18 Å². The zero-order valence-corrected chi connectivity index (χ0v) is 6.73. The molecule has 0 amide bonds. The van der Waals surface area contributed by atoms with E-state index >= 15 is 0 Å². The maximum atomic E-state index is 12.6. The summed E-state index contributed by atoms with van der Waals surface area (Å²) in [5.41, 5.74) is 0.602. The molecule has 1 nitrogen and oxygen atoms in total. The van der Waals surface area contributed by atoms with Crippen molar-refractivity contribution >= 4 is 5.78 Å². The Labute approximate surface area is 65.6 Å². The largest absolute Gasteiger partial charge is 0.294 e. The number of allylic oxidation sites excluding steroid dienone is 4. The Morgan fingerprint density at radius 3 is 2.64 bits per heavy atom. The van der Waals surface area contributed by atoms with E-state index in [9.17, 15) is 9.18 Å². The summed E-state index contributed by atoms with van der Waals surface area (Å²) in [6.45, 7) is 3.78. The fourth-order valence-electron chi connectivity index (χ4n) is 1.08. The van der Waals surface area contributed by atoms with Crippen LogP contribution in [0, 0.1) is 5.92 Å². The van der Waals surface area contributed by atoms with Crippen LogP contribution in [0.25, 0.3) is 0 Å². The van der Waals surface area contributed by atoms with Crippen molar-refractivity contribution in [2.75, 3.05) is 0 Å². The number of Topliss-reactive ketones (excluding diaryl/α,β-unsaturated/α-hetero) is 1. The average molecular weight is 154 g/mol. The van der Waals surface area contributed by atoms with Crippen LogP contribution in [0.15, 0.2) is 23.6 Å². The van der Waals surface area contributed by atoms with E-state index in [2.05, 4.69) is 0 Å². The van der Waals surface area contributed by atoms with Crippen LogP contribution >= 0.6 is 0 Å². The first-order valence-electron chi connectivity index (χ1n) is 3.71. The minimum Gasteiger partial charge on any atom is -0.294 e. The Morgan fingerprint density at radius 2 is 2.18 bits per heavy atom. The lowest BCUT2D eigenvalue weighted by Crippen LogP contribution is -2.10. The molecule has 0 unspecified atom stereocenters. The van der Waals surface area contributed by atoms with E-state index in [4.69, 9.17) is 0 Å². The highest BCUT2D eigenvalue weighted by Crippen LogP contribution is 2.20. The van der Waals surface area contributed by atoms with E-state index in [0.29, 0.717) is 5.57 Å². The monoisotopic (exact) mass is 154 g/mol. The molecule has 0 N–H and O–H groups in total. The molecule has 0 saturated carbocycles. The first kappa shape index (κ1) is 8.18. The van der Waals surface area contributed by atoms with Crippen molar-refractivity contribution in [1.82, 2.24) is 0 Å². The SMILES string of the molecule is CC(C)C1=CC(F)=CCC1=O.